The number of hydrogen-bond acceptors (Lipinski definition) is 3. The molecule has 0 aliphatic rings. The summed E-state index contributed by atoms with van der Waals surface area (Å²) in [4.78, 5) is 12.2. The zero-order valence-corrected chi connectivity index (χ0v) is 16.4. The normalized spacial score (nSPS) is 11.0. The molecule has 0 saturated heterocycles. The van der Waals surface area contributed by atoms with Gasteiger partial charge in [0.05, 0.1) is 10.6 Å². The highest BCUT2D eigenvalue weighted by Crippen LogP contribution is 2.20. The minimum atomic E-state index is -3.69. The van der Waals surface area contributed by atoms with Crippen LogP contribution in [0.4, 0.5) is 11.4 Å². The topological polar surface area (TPSA) is 75.3 Å². The highest BCUT2D eigenvalue weighted by atomic mass is 32.2. The van der Waals surface area contributed by atoms with Crippen LogP contribution >= 0.6 is 0 Å². The minimum Gasteiger partial charge on any atom is -0.326 e. The Morgan fingerprint density at radius 2 is 1.50 bits per heavy atom. The van der Waals surface area contributed by atoms with E-state index < -0.39 is 10.0 Å². The number of carbonyl (C=O) groups is 1. The lowest BCUT2D eigenvalue weighted by Gasteiger charge is -2.11. The van der Waals surface area contributed by atoms with E-state index in [1.54, 1.807) is 24.3 Å². The van der Waals surface area contributed by atoms with Crippen molar-refractivity contribution in [2.75, 3.05) is 10.0 Å². The molecule has 1 amide bonds. The number of aryl methyl sites for hydroxylation is 2. The first-order valence-corrected chi connectivity index (χ1v) is 10.4. The van der Waals surface area contributed by atoms with Crippen molar-refractivity contribution in [1.82, 2.24) is 0 Å². The van der Waals surface area contributed by atoms with Crippen molar-refractivity contribution in [2.45, 2.75) is 24.7 Å². The Balaban J connectivity index is 1.61. The Labute approximate surface area is 165 Å². The first-order valence-electron chi connectivity index (χ1n) is 8.96. The molecule has 0 bridgehead atoms. The summed E-state index contributed by atoms with van der Waals surface area (Å²) in [6.45, 7) is 1.84. The fourth-order valence-electron chi connectivity index (χ4n) is 2.73. The molecule has 0 radical (unpaired) electrons. The molecule has 144 valence electrons. The van der Waals surface area contributed by atoms with Gasteiger partial charge in [-0.25, -0.2) is 8.42 Å². The largest absolute Gasteiger partial charge is 0.326 e. The Hall–Kier alpha value is -3.12. The zero-order chi connectivity index (χ0) is 20.0. The second kappa shape index (κ2) is 8.71. The second-order valence-corrected chi connectivity index (χ2v) is 8.16. The molecule has 3 aromatic carbocycles. The van der Waals surface area contributed by atoms with E-state index in [4.69, 9.17) is 0 Å². The van der Waals surface area contributed by atoms with E-state index in [1.165, 1.54) is 12.1 Å². The number of benzene rings is 3. The van der Waals surface area contributed by atoms with Gasteiger partial charge in [0.1, 0.15) is 0 Å². The number of anilines is 2. The van der Waals surface area contributed by atoms with Crippen LogP contribution in [0, 0.1) is 6.92 Å². The van der Waals surface area contributed by atoms with E-state index in [0.29, 0.717) is 24.2 Å². The van der Waals surface area contributed by atoms with Crippen LogP contribution in [0.15, 0.2) is 83.8 Å². The fourth-order valence-corrected chi connectivity index (χ4v) is 3.87. The summed E-state index contributed by atoms with van der Waals surface area (Å²) in [5.41, 5.74) is 3.04. The molecule has 0 heterocycles. The third kappa shape index (κ3) is 5.20. The van der Waals surface area contributed by atoms with Crippen molar-refractivity contribution >= 4 is 27.3 Å². The molecule has 0 fully saturated rings. The SMILES string of the molecule is Cc1ccccc1NS(=O)(=O)c1ccc(NC(=O)CCc2ccccc2)cc1. The monoisotopic (exact) mass is 394 g/mol. The Morgan fingerprint density at radius 3 is 2.18 bits per heavy atom. The van der Waals surface area contributed by atoms with Gasteiger partial charge in [-0.05, 0) is 54.8 Å². The first-order chi connectivity index (χ1) is 13.4. The third-order valence-electron chi connectivity index (χ3n) is 4.32. The maximum atomic E-state index is 12.5. The summed E-state index contributed by atoms with van der Waals surface area (Å²) in [5.74, 6) is -0.113. The molecule has 0 unspecified atom stereocenters. The predicted molar refractivity (Wildman–Crippen MR) is 112 cm³/mol. The number of nitrogens with one attached hydrogen (secondary N) is 2. The summed E-state index contributed by atoms with van der Waals surface area (Å²) in [6.07, 6.45) is 1.01. The van der Waals surface area contributed by atoms with Crippen LogP contribution < -0.4 is 10.0 Å². The standard InChI is InChI=1S/C22H22N2O3S/c1-17-7-5-6-10-21(17)24-28(26,27)20-14-12-19(13-15-20)23-22(25)16-11-18-8-3-2-4-9-18/h2-10,12-15,24H,11,16H2,1H3,(H,23,25). The lowest BCUT2D eigenvalue weighted by molar-refractivity contribution is -0.116. The lowest BCUT2D eigenvalue weighted by atomic mass is 10.1. The Bertz CT molecular complexity index is 1050. The Kier molecular flexibility index (Phi) is 6.11. The second-order valence-electron chi connectivity index (χ2n) is 6.48. The van der Waals surface area contributed by atoms with Crippen LogP contribution in [0.5, 0.6) is 0 Å². The van der Waals surface area contributed by atoms with Crippen molar-refractivity contribution in [3.63, 3.8) is 0 Å². The summed E-state index contributed by atoms with van der Waals surface area (Å²) in [5, 5.41) is 2.80. The van der Waals surface area contributed by atoms with Gasteiger partial charge in [0.2, 0.25) is 5.91 Å². The maximum Gasteiger partial charge on any atom is 0.261 e. The van der Waals surface area contributed by atoms with Crippen molar-refractivity contribution in [2.24, 2.45) is 0 Å². The molecule has 28 heavy (non-hydrogen) atoms. The molecule has 6 heteroatoms. The molecule has 0 aliphatic heterocycles. The van der Waals surface area contributed by atoms with Gasteiger partial charge in [-0.2, -0.15) is 0 Å². The quantitative estimate of drug-likeness (QED) is 0.625. The van der Waals surface area contributed by atoms with Crippen LogP contribution in [0.2, 0.25) is 0 Å². The summed E-state index contributed by atoms with van der Waals surface area (Å²) in [7, 11) is -3.69. The summed E-state index contributed by atoms with van der Waals surface area (Å²) in [6, 6.07) is 23.1. The average molecular weight is 394 g/mol. The van der Waals surface area contributed by atoms with Crippen molar-refractivity contribution < 1.29 is 13.2 Å². The maximum absolute atomic E-state index is 12.5. The number of para-hydroxylation sites is 1. The molecule has 0 aromatic heterocycles. The van der Waals surface area contributed by atoms with E-state index in [9.17, 15) is 13.2 Å². The highest BCUT2D eigenvalue weighted by molar-refractivity contribution is 7.92. The van der Waals surface area contributed by atoms with E-state index in [-0.39, 0.29) is 10.8 Å². The van der Waals surface area contributed by atoms with Gasteiger partial charge in [0.25, 0.3) is 10.0 Å². The molecular weight excluding hydrogens is 372 g/mol. The lowest BCUT2D eigenvalue weighted by Crippen LogP contribution is -2.15. The molecule has 0 aliphatic carbocycles. The third-order valence-corrected chi connectivity index (χ3v) is 5.70. The minimum absolute atomic E-state index is 0.113. The molecule has 3 rings (SSSR count). The Morgan fingerprint density at radius 1 is 0.857 bits per heavy atom. The number of amides is 1. The zero-order valence-electron chi connectivity index (χ0n) is 15.6. The number of sulfonamides is 1. The smallest absolute Gasteiger partial charge is 0.261 e. The summed E-state index contributed by atoms with van der Waals surface area (Å²) >= 11 is 0. The number of rotatable bonds is 7. The van der Waals surface area contributed by atoms with Crippen LogP contribution in [-0.4, -0.2) is 14.3 Å². The van der Waals surface area contributed by atoms with Gasteiger partial charge >= 0.3 is 0 Å². The van der Waals surface area contributed by atoms with Gasteiger partial charge in [0, 0.05) is 12.1 Å². The molecule has 0 saturated carbocycles. The van der Waals surface area contributed by atoms with Crippen LogP contribution in [0.25, 0.3) is 0 Å². The van der Waals surface area contributed by atoms with Crippen molar-refractivity contribution in [3.8, 4) is 0 Å². The predicted octanol–water partition coefficient (Wildman–Crippen LogP) is 4.37. The van der Waals surface area contributed by atoms with Crippen LogP contribution in [-0.2, 0) is 21.2 Å². The van der Waals surface area contributed by atoms with Gasteiger partial charge in [-0.15, -0.1) is 0 Å². The number of carbonyl (C=O) groups excluding carboxylic acids is 1. The highest BCUT2D eigenvalue weighted by Gasteiger charge is 2.15. The average Bonchev–Trinajstić information content (AvgIpc) is 2.69. The van der Waals surface area contributed by atoms with Crippen LogP contribution in [0.3, 0.4) is 0 Å². The van der Waals surface area contributed by atoms with E-state index in [0.717, 1.165) is 11.1 Å². The van der Waals surface area contributed by atoms with E-state index in [1.807, 2.05) is 49.4 Å². The van der Waals surface area contributed by atoms with Gasteiger partial charge in [0.15, 0.2) is 0 Å². The number of hydrogen-bond donors (Lipinski definition) is 2. The first kappa shape index (κ1) is 19.6. The van der Waals surface area contributed by atoms with Crippen molar-refractivity contribution in [1.29, 1.82) is 0 Å². The molecule has 5 nitrogen and oxygen atoms in total. The van der Waals surface area contributed by atoms with Gasteiger partial charge in [-0.1, -0.05) is 48.5 Å². The molecule has 0 spiro atoms. The van der Waals surface area contributed by atoms with E-state index in [2.05, 4.69) is 10.0 Å². The summed E-state index contributed by atoms with van der Waals surface area (Å²) < 4.78 is 27.7. The van der Waals surface area contributed by atoms with Gasteiger partial charge in [-0.3, -0.25) is 9.52 Å². The van der Waals surface area contributed by atoms with Crippen LogP contribution in [0.1, 0.15) is 17.5 Å². The molecular formula is C22H22N2O3S. The van der Waals surface area contributed by atoms with Crippen molar-refractivity contribution in [3.05, 3.63) is 90.0 Å². The van der Waals surface area contributed by atoms with Gasteiger partial charge < -0.3 is 5.32 Å². The molecule has 2 N–H and O–H groups in total. The van der Waals surface area contributed by atoms with E-state index >= 15 is 0 Å². The fraction of sp³-hybridized carbons (Fsp3) is 0.136. The molecule has 3 aromatic rings. The molecule has 0 atom stereocenters.